The van der Waals surface area contributed by atoms with Gasteiger partial charge in [-0.2, -0.15) is 0 Å². The van der Waals surface area contributed by atoms with Crippen molar-refractivity contribution in [1.29, 1.82) is 0 Å². The van der Waals surface area contributed by atoms with Gasteiger partial charge >= 0.3 is 0 Å². The van der Waals surface area contributed by atoms with Crippen molar-refractivity contribution in [2.75, 3.05) is 13.7 Å². The molecule has 0 bridgehead atoms. The first-order valence-corrected chi connectivity index (χ1v) is 8.25. The van der Waals surface area contributed by atoms with Gasteiger partial charge in [0, 0.05) is 0 Å². The standard InChI is InChI=1S/C19H31NO/c1-14-10-16(12-19(3,4)11-14)21-13-18(20-5)17-9-7-6-8-15(17)2/h6-9,14,16,18,20H,10-13H2,1-5H3. The van der Waals surface area contributed by atoms with Gasteiger partial charge in [0.2, 0.25) is 0 Å². The lowest BCUT2D eigenvalue weighted by atomic mass is 9.71. The summed E-state index contributed by atoms with van der Waals surface area (Å²) in [4.78, 5) is 0. The quantitative estimate of drug-likeness (QED) is 0.862. The minimum Gasteiger partial charge on any atom is -0.376 e. The Morgan fingerprint density at radius 1 is 1.29 bits per heavy atom. The number of nitrogens with one attached hydrogen (secondary N) is 1. The van der Waals surface area contributed by atoms with Gasteiger partial charge in [0.15, 0.2) is 0 Å². The first-order valence-electron chi connectivity index (χ1n) is 8.25. The number of hydrogen-bond donors (Lipinski definition) is 1. The predicted octanol–water partition coefficient (Wildman–Crippen LogP) is 4.49. The Kier molecular flexibility index (Phi) is 5.45. The van der Waals surface area contributed by atoms with E-state index in [2.05, 4.69) is 57.3 Å². The maximum Gasteiger partial charge on any atom is 0.0665 e. The zero-order chi connectivity index (χ0) is 15.5. The molecule has 0 saturated heterocycles. The van der Waals surface area contributed by atoms with E-state index < -0.39 is 0 Å². The number of rotatable bonds is 5. The third-order valence-corrected chi connectivity index (χ3v) is 4.76. The lowest BCUT2D eigenvalue weighted by molar-refractivity contribution is -0.0304. The van der Waals surface area contributed by atoms with Crippen LogP contribution in [0.15, 0.2) is 24.3 Å². The van der Waals surface area contributed by atoms with Gasteiger partial charge in [-0.15, -0.1) is 0 Å². The lowest BCUT2D eigenvalue weighted by Crippen LogP contribution is -2.34. The van der Waals surface area contributed by atoms with Crippen LogP contribution in [0.2, 0.25) is 0 Å². The highest BCUT2D eigenvalue weighted by Crippen LogP contribution is 2.39. The molecular formula is C19H31NO. The van der Waals surface area contributed by atoms with Crippen LogP contribution in [0.3, 0.4) is 0 Å². The van der Waals surface area contributed by atoms with Gasteiger partial charge < -0.3 is 10.1 Å². The number of ether oxygens (including phenoxy) is 1. The van der Waals surface area contributed by atoms with Crippen LogP contribution in [0, 0.1) is 18.3 Å². The molecule has 1 fully saturated rings. The molecule has 0 radical (unpaired) electrons. The first-order chi connectivity index (χ1) is 9.91. The number of hydrogen-bond acceptors (Lipinski definition) is 2. The lowest BCUT2D eigenvalue weighted by Gasteiger charge is -2.39. The summed E-state index contributed by atoms with van der Waals surface area (Å²) < 4.78 is 6.29. The van der Waals surface area contributed by atoms with E-state index in [9.17, 15) is 0 Å². The summed E-state index contributed by atoms with van der Waals surface area (Å²) in [5.41, 5.74) is 3.10. The second-order valence-corrected chi connectivity index (χ2v) is 7.57. The molecular weight excluding hydrogens is 258 g/mol. The van der Waals surface area contributed by atoms with Crippen molar-refractivity contribution in [2.24, 2.45) is 11.3 Å². The molecule has 3 unspecified atom stereocenters. The molecule has 0 spiro atoms. The highest BCUT2D eigenvalue weighted by Gasteiger charge is 2.32. The Bertz CT molecular complexity index is 455. The second-order valence-electron chi connectivity index (χ2n) is 7.57. The van der Waals surface area contributed by atoms with E-state index >= 15 is 0 Å². The Labute approximate surface area is 130 Å². The summed E-state index contributed by atoms with van der Waals surface area (Å²) in [5, 5.41) is 3.41. The van der Waals surface area contributed by atoms with Crippen molar-refractivity contribution in [1.82, 2.24) is 5.32 Å². The van der Waals surface area contributed by atoms with Gasteiger partial charge in [0.05, 0.1) is 18.8 Å². The summed E-state index contributed by atoms with van der Waals surface area (Å²) in [5.74, 6) is 0.769. The molecule has 0 amide bonds. The van der Waals surface area contributed by atoms with Crippen LogP contribution in [0.4, 0.5) is 0 Å². The molecule has 1 aliphatic rings. The normalized spacial score (nSPS) is 26.5. The number of benzene rings is 1. The summed E-state index contributed by atoms with van der Waals surface area (Å²) in [7, 11) is 2.02. The van der Waals surface area contributed by atoms with Crippen LogP contribution < -0.4 is 5.32 Å². The van der Waals surface area contributed by atoms with Crippen LogP contribution in [-0.4, -0.2) is 19.8 Å². The molecule has 1 N–H and O–H groups in total. The third-order valence-electron chi connectivity index (χ3n) is 4.76. The minimum atomic E-state index is 0.284. The highest BCUT2D eigenvalue weighted by molar-refractivity contribution is 5.28. The van der Waals surface area contributed by atoms with Crippen molar-refractivity contribution < 1.29 is 4.74 Å². The van der Waals surface area contributed by atoms with Gasteiger partial charge in [-0.25, -0.2) is 0 Å². The van der Waals surface area contributed by atoms with Crippen molar-refractivity contribution in [3.8, 4) is 0 Å². The van der Waals surface area contributed by atoms with E-state index in [4.69, 9.17) is 4.74 Å². The van der Waals surface area contributed by atoms with Crippen LogP contribution >= 0.6 is 0 Å². The molecule has 118 valence electrons. The molecule has 1 aromatic carbocycles. The molecule has 1 aliphatic carbocycles. The van der Waals surface area contributed by atoms with Crippen LogP contribution in [-0.2, 0) is 4.74 Å². The van der Waals surface area contributed by atoms with Gasteiger partial charge in [0.25, 0.3) is 0 Å². The molecule has 1 aromatic rings. The zero-order valence-electron chi connectivity index (χ0n) is 14.3. The minimum absolute atomic E-state index is 0.284. The zero-order valence-corrected chi connectivity index (χ0v) is 14.3. The SMILES string of the molecule is CNC(COC1CC(C)CC(C)(C)C1)c1ccccc1C. The fraction of sp³-hybridized carbons (Fsp3) is 0.684. The first kappa shape index (κ1) is 16.5. The fourth-order valence-electron chi connectivity index (χ4n) is 3.92. The monoisotopic (exact) mass is 289 g/mol. The predicted molar refractivity (Wildman–Crippen MR) is 89.5 cm³/mol. The smallest absolute Gasteiger partial charge is 0.0665 e. The van der Waals surface area contributed by atoms with E-state index in [0.29, 0.717) is 11.5 Å². The molecule has 3 atom stereocenters. The van der Waals surface area contributed by atoms with Crippen molar-refractivity contribution >= 4 is 0 Å². The maximum absolute atomic E-state index is 6.29. The molecule has 2 nitrogen and oxygen atoms in total. The molecule has 2 rings (SSSR count). The Morgan fingerprint density at radius 3 is 2.62 bits per heavy atom. The van der Waals surface area contributed by atoms with Gasteiger partial charge in [-0.1, -0.05) is 45.0 Å². The Morgan fingerprint density at radius 2 is 2.00 bits per heavy atom. The van der Waals surface area contributed by atoms with Crippen LogP contribution in [0.5, 0.6) is 0 Å². The third kappa shape index (κ3) is 4.55. The average Bonchev–Trinajstić information content (AvgIpc) is 2.39. The highest BCUT2D eigenvalue weighted by atomic mass is 16.5. The van der Waals surface area contributed by atoms with Gasteiger partial charge in [0.1, 0.15) is 0 Å². The molecule has 0 aliphatic heterocycles. The maximum atomic E-state index is 6.29. The number of likely N-dealkylation sites (N-methyl/N-ethyl adjacent to an activating group) is 1. The topological polar surface area (TPSA) is 21.3 Å². The van der Waals surface area contributed by atoms with E-state index in [-0.39, 0.29) is 6.04 Å². The molecule has 2 heteroatoms. The summed E-state index contributed by atoms with van der Waals surface area (Å²) >= 11 is 0. The largest absolute Gasteiger partial charge is 0.376 e. The molecule has 0 aromatic heterocycles. The van der Waals surface area contributed by atoms with Gasteiger partial charge in [-0.05, 0) is 55.7 Å². The van der Waals surface area contributed by atoms with E-state index in [0.717, 1.165) is 12.5 Å². The second kappa shape index (κ2) is 6.93. The summed E-state index contributed by atoms with van der Waals surface area (Å²) in [6.45, 7) is 10.0. The Balaban J connectivity index is 1.96. The van der Waals surface area contributed by atoms with Crippen LogP contribution in [0.1, 0.15) is 57.2 Å². The molecule has 1 saturated carbocycles. The average molecular weight is 289 g/mol. The van der Waals surface area contributed by atoms with Crippen molar-refractivity contribution in [3.05, 3.63) is 35.4 Å². The molecule has 0 heterocycles. The summed E-state index contributed by atoms with van der Waals surface area (Å²) in [6, 6.07) is 8.86. The Hall–Kier alpha value is -0.860. The van der Waals surface area contributed by atoms with E-state index in [1.165, 1.54) is 30.4 Å². The van der Waals surface area contributed by atoms with Crippen LogP contribution in [0.25, 0.3) is 0 Å². The summed E-state index contributed by atoms with van der Waals surface area (Å²) in [6.07, 6.45) is 4.11. The molecule has 21 heavy (non-hydrogen) atoms. The fourth-order valence-corrected chi connectivity index (χ4v) is 3.92. The van der Waals surface area contributed by atoms with Crippen molar-refractivity contribution in [3.63, 3.8) is 0 Å². The number of aryl methyl sites for hydroxylation is 1. The van der Waals surface area contributed by atoms with Crippen molar-refractivity contribution in [2.45, 2.75) is 59.1 Å². The van der Waals surface area contributed by atoms with Gasteiger partial charge in [-0.3, -0.25) is 0 Å². The van der Waals surface area contributed by atoms with E-state index in [1.54, 1.807) is 0 Å². The van der Waals surface area contributed by atoms with E-state index in [1.807, 2.05) is 7.05 Å².